The average molecular weight is 558 g/mol. The lowest BCUT2D eigenvalue weighted by Gasteiger charge is -2.37. The molecular weight excluding hydrogens is 526 g/mol. The van der Waals surface area contributed by atoms with E-state index in [1.807, 2.05) is 30.3 Å². The molecule has 0 saturated carbocycles. The first-order valence-corrected chi connectivity index (χ1v) is 13.1. The molecule has 1 atom stereocenters. The minimum absolute atomic E-state index is 0.103. The largest absolute Gasteiger partial charge is 0.493 e. The summed E-state index contributed by atoms with van der Waals surface area (Å²) in [5.41, 5.74) is 2.61. The zero-order valence-corrected chi connectivity index (χ0v) is 23.3. The summed E-state index contributed by atoms with van der Waals surface area (Å²) in [5.74, 6) is 2.54. The fourth-order valence-corrected chi connectivity index (χ4v) is 5.06. The zero-order chi connectivity index (χ0) is 28.9. The van der Waals surface area contributed by atoms with Gasteiger partial charge in [-0.15, -0.1) is 0 Å². The van der Waals surface area contributed by atoms with Crippen molar-refractivity contribution in [2.24, 2.45) is 0 Å². The van der Waals surface area contributed by atoms with E-state index < -0.39 is 11.7 Å². The number of nitrogens with zero attached hydrogens (tertiary/aromatic N) is 1. The molecule has 5 rings (SSSR count). The smallest absolute Gasteiger partial charge is 0.339 e. The SMILES string of the molecule is COc1ccc(/C=C/C(=O)N2CCc3cc(OC)c(OC)cc3C2COc2cc(=O)oc3ccccc23)cc1OC. The predicted octanol–water partition coefficient (Wildman–Crippen LogP) is 5.05. The van der Waals surface area contributed by atoms with Crippen molar-refractivity contribution in [3.05, 3.63) is 93.9 Å². The summed E-state index contributed by atoms with van der Waals surface area (Å²) < 4.78 is 33.3. The van der Waals surface area contributed by atoms with Crippen LogP contribution in [0, 0.1) is 0 Å². The van der Waals surface area contributed by atoms with Crippen LogP contribution in [0.4, 0.5) is 0 Å². The molecular formula is C32H31NO8. The van der Waals surface area contributed by atoms with Crippen LogP contribution >= 0.6 is 0 Å². The number of benzene rings is 3. The fourth-order valence-electron chi connectivity index (χ4n) is 5.06. The molecule has 41 heavy (non-hydrogen) atoms. The van der Waals surface area contributed by atoms with Crippen LogP contribution in [0.1, 0.15) is 22.7 Å². The van der Waals surface area contributed by atoms with Gasteiger partial charge >= 0.3 is 5.63 Å². The monoisotopic (exact) mass is 557 g/mol. The van der Waals surface area contributed by atoms with Crippen LogP contribution in [0.2, 0.25) is 0 Å². The molecule has 0 radical (unpaired) electrons. The Balaban J connectivity index is 1.48. The molecule has 212 valence electrons. The molecule has 0 aliphatic carbocycles. The lowest BCUT2D eigenvalue weighted by Crippen LogP contribution is -2.41. The molecule has 0 saturated heterocycles. The van der Waals surface area contributed by atoms with Crippen LogP contribution in [0.15, 0.2) is 76.0 Å². The first-order valence-electron chi connectivity index (χ1n) is 13.1. The van der Waals surface area contributed by atoms with Crippen LogP contribution in [-0.2, 0) is 11.2 Å². The Morgan fingerprint density at radius 1 is 0.878 bits per heavy atom. The van der Waals surface area contributed by atoms with Crippen molar-refractivity contribution in [3.8, 4) is 28.7 Å². The molecule has 1 aliphatic heterocycles. The van der Waals surface area contributed by atoms with Gasteiger partial charge in [-0.2, -0.15) is 0 Å². The molecule has 3 aromatic carbocycles. The maximum atomic E-state index is 13.6. The molecule has 0 N–H and O–H groups in total. The van der Waals surface area contributed by atoms with E-state index in [9.17, 15) is 9.59 Å². The maximum Gasteiger partial charge on any atom is 0.339 e. The lowest BCUT2D eigenvalue weighted by atomic mass is 9.92. The van der Waals surface area contributed by atoms with E-state index in [0.29, 0.717) is 52.7 Å². The Hall–Kier alpha value is -4.92. The van der Waals surface area contributed by atoms with Crippen molar-refractivity contribution in [2.45, 2.75) is 12.5 Å². The number of rotatable bonds is 9. The van der Waals surface area contributed by atoms with E-state index in [4.69, 9.17) is 28.1 Å². The number of carbonyl (C=O) groups is 1. The number of hydrogen-bond acceptors (Lipinski definition) is 8. The molecule has 0 fully saturated rings. The minimum Gasteiger partial charge on any atom is -0.493 e. The van der Waals surface area contributed by atoms with Crippen molar-refractivity contribution in [2.75, 3.05) is 41.6 Å². The van der Waals surface area contributed by atoms with Crippen molar-refractivity contribution in [1.82, 2.24) is 4.90 Å². The standard InChI is InChI=1S/C32H31NO8/c1-36-26-11-9-20(15-28(26)37-2)10-12-31(34)33-14-13-21-16-29(38-3)30(39-4)17-23(21)24(33)19-40-27-18-32(35)41-25-8-6-5-7-22(25)27/h5-12,15-18,24H,13-14,19H2,1-4H3/b12-10+. The Morgan fingerprint density at radius 2 is 1.59 bits per heavy atom. The van der Waals surface area contributed by atoms with Crippen LogP contribution in [-0.4, -0.2) is 52.4 Å². The highest BCUT2D eigenvalue weighted by Gasteiger charge is 2.32. The van der Waals surface area contributed by atoms with E-state index in [2.05, 4.69) is 0 Å². The maximum absolute atomic E-state index is 13.6. The molecule has 1 aromatic heterocycles. The summed E-state index contributed by atoms with van der Waals surface area (Å²) in [6.45, 7) is 0.565. The Labute approximate surface area is 237 Å². The summed E-state index contributed by atoms with van der Waals surface area (Å²) in [7, 11) is 6.30. The number of hydrogen-bond donors (Lipinski definition) is 0. The highest BCUT2D eigenvalue weighted by Crippen LogP contribution is 2.39. The Morgan fingerprint density at radius 3 is 2.34 bits per heavy atom. The number of para-hydroxylation sites is 1. The van der Waals surface area contributed by atoms with Crippen molar-refractivity contribution < 1.29 is 32.9 Å². The third kappa shape index (κ3) is 5.70. The fraction of sp³-hybridized carbons (Fsp3) is 0.250. The van der Waals surface area contributed by atoms with Crippen LogP contribution < -0.4 is 29.3 Å². The number of carbonyl (C=O) groups excluding carboxylic acids is 1. The summed E-state index contributed by atoms with van der Waals surface area (Å²) in [5, 5.41) is 0.668. The van der Waals surface area contributed by atoms with E-state index in [1.165, 1.54) is 12.1 Å². The minimum atomic E-state index is -0.514. The van der Waals surface area contributed by atoms with Gasteiger partial charge in [-0.05, 0) is 65.6 Å². The van der Waals surface area contributed by atoms with Gasteiger partial charge in [0.15, 0.2) is 23.0 Å². The second kappa shape index (κ2) is 12.1. The molecule has 0 bridgehead atoms. The molecule has 1 unspecified atom stereocenters. The van der Waals surface area contributed by atoms with E-state index in [-0.39, 0.29) is 12.5 Å². The first kappa shape index (κ1) is 27.6. The van der Waals surface area contributed by atoms with E-state index >= 15 is 0 Å². The van der Waals surface area contributed by atoms with Gasteiger partial charge in [0.1, 0.15) is 17.9 Å². The van der Waals surface area contributed by atoms with Gasteiger partial charge in [-0.3, -0.25) is 4.79 Å². The number of ether oxygens (including phenoxy) is 5. The predicted molar refractivity (Wildman–Crippen MR) is 154 cm³/mol. The van der Waals surface area contributed by atoms with Gasteiger partial charge in [0.25, 0.3) is 0 Å². The Kier molecular flexibility index (Phi) is 8.14. The summed E-state index contributed by atoms with van der Waals surface area (Å²) in [4.78, 5) is 27.6. The van der Waals surface area contributed by atoms with E-state index in [0.717, 1.165) is 16.7 Å². The molecule has 4 aromatic rings. The van der Waals surface area contributed by atoms with Gasteiger partial charge in [0, 0.05) is 12.6 Å². The van der Waals surface area contributed by atoms with Gasteiger partial charge in [0.05, 0.1) is 45.9 Å². The van der Waals surface area contributed by atoms with Crippen LogP contribution in [0.5, 0.6) is 28.7 Å². The second-order valence-corrected chi connectivity index (χ2v) is 9.39. The zero-order valence-electron chi connectivity index (χ0n) is 23.3. The van der Waals surface area contributed by atoms with Gasteiger partial charge in [-0.1, -0.05) is 18.2 Å². The molecule has 9 heteroatoms. The highest BCUT2D eigenvalue weighted by atomic mass is 16.5. The van der Waals surface area contributed by atoms with E-state index in [1.54, 1.807) is 63.7 Å². The number of methoxy groups -OCH3 is 4. The molecule has 0 spiro atoms. The average Bonchev–Trinajstić information content (AvgIpc) is 3.01. The summed E-state index contributed by atoms with van der Waals surface area (Å²) >= 11 is 0. The Bertz CT molecular complexity index is 1660. The van der Waals surface area contributed by atoms with Crippen LogP contribution in [0.25, 0.3) is 17.0 Å². The second-order valence-electron chi connectivity index (χ2n) is 9.39. The third-order valence-electron chi connectivity index (χ3n) is 7.12. The van der Waals surface area contributed by atoms with Gasteiger partial charge in [0.2, 0.25) is 5.91 Å². The normalized spacial score (nSPS) is 14.5. The summed E-state index contributed by atoms with van der Waals surface area (Å²) in [6.07, 6.45) is 3.90. The summed E-state index contributed by atoms with van der Waals surface area (Å²) in [6, 6.07) is 17.3. The quantitative estimate of drug-likeness (QED) is 0.209. The lowest BCUT2D eigenvalue weighted by molar-refractivity contribution is -0.129. The van der Waals surface area contributed by atoms with Crippen LogP contribution in [0.3, 0.4) is 0 Å². The molecule has 9 nitrogen and oxygen atoms in total. The first-order chi connectivity index (χ1) is 19.9. The molecule has 2 heterocycles. The third-order valence-corrected chi connectivity index (χ3v) is 7.12. The topological polar surface area (TPSA) is 96.7 Å². The number of fused-ring (bicyclic) bond motifs is 2. The number of amides is 1. The molecule has 1 amide bonds. The molecule has 1 aliphatic rings. The van der Waals surface area contributed by atoms with Crippen molar-refractivity contribution >= 4 is 23.0 Å². The van der Waals surface area contributed by atoms with Gasteiger partial charge < -0.3 is 33.0 Å². The van der Waals surface area contributed by atoms with Crippen molar-refractivity contribution in [1.29, 1.82) is 0 Å². The highest BCUT2D eigenvalue weighted by molar-refractivity contribution is 5.92. The van der Waals surface area contributed by atoms with Crippen molar-refractivity contribution in [3.63, 3.8) is 0 Å². The van der Waals surface area contributed by atoms with Gasteiger partial charge in [-0.25, -0.2) is 4.79 Å².